The second-order valence-corrected chi connectivity index (χ2v) is 11.0. The minimum absolute atomic E-state index is 0.00977. The zero-order chi connectivity index (χ0) is 26.9. The minimum Gasteiger partial charge on any atom is -0.356 e. The van der Waals surface area contributed by atoms with Gasteiger partial charge in [0.05, 0.1) is 20.9 Å². The van der Waals surface area contributed by atoms with E-state index in [9.17, 15) is 39.7 Å². The van der Waals surface area contributed by atoms with Gasteiger partial charge in [0.25, 0.3) is 5.91 Å². The molecule has 1 atom stereocenters. The van der Waals surface area contributed by atoms with Gasteiger partial charge in [-0.15, -0.1) is 0 Å². The van der Waals surface area contributed by atoms with Crippen molar-refractivity contribution in [2.24, 2.45) is 5.41 Å². The van der Waals surface area contributed by atoms with Gasteiger partial charge in [-0.2, -0.15) is 30.7 Å². The molecule has 0 unspecified atom stereocenters. The predicted molar refractivity (Wildman–Crippen MR) is 115 cm³/mol. The number of carbonyl (C=O) groups excluding carboxylic acids is 1. The van der Waals surface area contributed by atoms with Crippen LogP contribution in [0.3, 0.4) is 0 Å². The van der Waals surface area contributed by atoms with Gasteiger partial charge in [0.2, 0.25) is 0 Å². The number of alkyl halides is 7. The number of nitrogens with one attached hydrogen (secondary N) is 2. The zero-order valence-corrected chi connectivity index (χ0v) is 19.7. The highest BCUT2D eigenvalue weighted by Crippen LogP contribution is 2.76. The molecule has 4 rings (SSSR count). The molecule has 15 heteroatoms. The lowest BCUT2D eigenvalue weighted by atomic mass is 9.91. The third-order valence-corrected chi connectivity index (χ3v) is 7.71. The molecule has 2 aromatic heterocycles. The van der Waals surface area contributed by atoms with Gasteiger partial charge < -0.3 is 10.2 Å². The molecule has 7 nitrogen and oxygen atoms in total. The van der Waals surface area contributed by atoms with Gasteiger partial charge in [-0.25, -0.2) is 19.0 Å². The Kier molecular flexibility index (Phi) is 5.81. The second-order valence-electron chi connectivity index (χ2n) is 8.89. The van der Waals surface area contributed by atoms with Gasteiger partial charge >= 0.3 is 18.0 Å². The van der Waals surface area contributed by atoms with Crippen molar-refractivity contribution >= 4 is 27.1 Å². The number of rotatable bonds is 4. The van der Waals surface area contributed by atoms with E-state index in [2.05, 4.69) is 15.3 Å². The molecule has 196 valence electrons. The molecule has 2 N–H and O–H groups in total. The molecule has 0 bridgehead atoms. The van der Waals surface area contributed by atoms with Gasteiger partial charge in [-0.05, 0) is 37.5 Å². The maximum atomic E-state index is 13.8. The first-order valence-corrected chi connectivity index (χ1v) is 12.5. The summed E-state index contributed by atoms with van der Waals surface area (Å²) in [5.41, 5.74) is -4.75. The average Bonchev–Trinajstić information content (AvgIpc) is 3.09. The predicted octanol–water partition coefficient (Wildman–Crippen LogP) is 4.96. The molecular weight excluding hydrogens is 519 g/mol. The number of amides is 1. The highest BCUT2D eigenvalue weighted by Gasteiger charge is 2.95. The second kappa shape index (κ2) is 8.02. The highest BCUT2D eigenvalue weighted by atomic mass is 32.2. The van der Waals surface area contributed by atoms with E-state index in [0.29, 0.717) is 6.20 Å². The first-order valence-electron chi connectivity index (χ1n) is 10.5. The van der Waals surface area contributed by atoms with Crippen molar-refractivity contribution in [3.8, 4) is 0 Å². The number of halogens is 7. The Bertz CT molecular complexity index is 1320. The van der Waals surface area contributed by atoms with Gasteiger partial charge in [0, 0.05) is 37.4 Å². The smallest absolute Gasteiger partial charge is 0.356 e. The van der Waals surface area contributed by atoms with Crippen LogP contribution in [0.25, 0.3) is 0 Å². The van der Waals surface area contributed by atoms with E-state index >= 15 is 0 Å². The van der Waals surface area contributed by atoms with Crippen molar-refractivity contribution in [3.63, 3.8) is 0 Å². The summed E-state index contributed by atoms with van der Waals surface area (Å²) in [6.07, 6.45) is -3.40. The molecular formula is C21H20F7N5O2S. The maximum absolute atomic E-state index is 13.8. The van der Waals surface area contributed by atoms with Crippen LogP contribution in [0.1, 0.15) is 34.3 Å². The summed E-state index contributed by atoms with van der Waals surface area (Å²) in [4.78, 5) is 21.9. The Labute approximate surface area is 201 Å². The summed E-state index contributed by atoms with van der Waals surface area (Å²) >= 11 is 0. The first-order chi connectivity index (χ1) is 16.4. The zero-order valence-electron chi connectivity index (χ0n) is 18.8. The molecule has 1 saturated carbocycles. The van der Waals surface area contributed by atoms with Gasteiger partial charge in [0.15, 0.2) is 0 Å². The number of pyridine rings is 2. The van der Waals surface area contributed by atoms with Gasteiger partial charge in [-0.3, -0.25) is 4.79 Å². The number of anilines is 2. The normalized spacial score (nSPS) is 21.6. The van der Waals surface area contributed by atoms with Crippen LogP contribution in [0.4, 0.5) is 42.2 Å². The number of hydrogen-bond acceptors (Lipinski definition) is 6. The van der Waals surface area contributed by atoms with Crippen molar-refractivity contribution in [1.82, 2.24) is 9.97 Å². The Hall–Kier alpha value is -2.97. The Morgan fingerprint density at radius 2 is 1.72 bits per heavy atom. The average molecular weight is 539 g/mol. The van der Waals surface area contributed by atoms with E-state index in [1.807, 2.05) is 0 Å². The summed E-state index contributed by atoms with van der Waals surface area (Å²) < 4.78 is 115. The van der Waals surface area contributed by atoms with E-state index in [4.69, 9.17) is 4.78 Å². The lowest BCUT2D eigenvalue weighted by Gasteiger charge is -2.34. The fraction of sp³-hybridized carbons (Fsp3) is 0.476. The molecule has 3 heterocycles. The number of hydrogen-bond donors (Lipinski definition) is 2. The summed E-state index contributed by atoms with van der Waals surface area (Å²) in [5.74, 6) is -9.67. The highest BCUT2D eigenvalue weighted by molar-refractivity contribution is 7.91. The summed E-state index contributed by atoms with van der Waals surface area (Å²) in [7, 11) is -3.26. The Morgan fingerprint density at radius 3 is 2.22 bits per heavy atom. The summed E-state index contributed by atoms with van der Waals surface area (Å²) in [5, 5.41) is 2.19. The molecule has 0 aromatic carbocycles. The van der Waals surface area contributed by atoms with Crippen molar-refractivity contribution in [3.05, 3.63) is 41.2 Å². The third kappa shape index (κ3) is 3.87. The van der Waals surface area contributed by atoms with Crippen LogP contribution in [0.5, 0.6) is 0 Å². The van der Waals surface area contributed by atoms with Crippen LogP contribution in [-0.2, 0) is 15.9 Å². The van der Waals surface area contributed by atoms with Gasteiger partial charge in [0.1, 0.15) is 16.3 Å². The van der Waals surface area contributed by atoms with Gasteiger partial charge in [-0.1, -0.05) is 0 Å². The standard InChI is InChI=1S/C21H20F7N5O2S/c1-11-13(19(22,23)24)10-31-16(33-7-4-18(5-8-33)20(25,26)21(18,27)28)15(11)17(34)32-12-3-6-30-14(9-12)36(2,29)35/h3,6,9-10,29H,4-5,7-8H2,1-2H3,(H,30,32,34)/t36-/m1/s1. The van der Waals surface area contributed by atoms with Crippen molar-refractivity contribution < 1.29 is 39.7 Å². The quantitative estimate of drug-likeness (QED) is 0.535. The van der Waals surface area contributed by atoms with E-state index < -0.39 is 68.6 Å². The molecule has 1 aliphatic heterocycles. The van der Waals surface area contributed by atoms with E-state index in [1.165, 1.54) is 11.0 Å². The van der Waals surface area contributed by atoms with Crippen LogP contribution in [0, 0.1) is 17.1 Å². The van der Waals surface area contributed by atoms with Crippen LogP contribution < -0.4 is 10.2 Å². The fourth-order valence-electron chi connectivity index (χ4n) is 4.53. The van der Waals surface area contributed by atoms with E-state index in [-0.39, 0.29) is 29.6 Å². The number of nitrogens with zero attached hydrogens (tertiary/aromatic N) is 3. The number of piperidine rings is 1. The maximum Gasteiger partial charge on any atom is 0.418 e. The van der Waals surface area contributed by atoms with Crippen molar-refractivity contribution in [1.29, 1.82) is 4.78 Å². The van der Waals surface area contributed by atoms with Crippen LogP contribution in [-0.4, -0.2) is 51.3 Å². The van der Waals surface area contributed by atoms with Crippen molar-refractivity contribution in [2.75, 3.05) is 29.6 Å². The molecule has 1 saturated heterocycles. The van der Waals surface area contributed by atoms with Crippen LogP contribution >= 0.6 is 0 Å². The summed E-state index contributed by atoms with van der Waals surface area (Å²) in [6, 6.07) is 2.40. The van der Waals surface area contributed by atoms with E-state index in [1.54, 1.807) is 0 Å². The molecule has 0 radical (unpaired) electrons. The molecule has 2 aliphatic rings. The number of carbonyl (C=O) groups is 1. The molecule has 2 fully saturated rings. The molecule has 36 heavy (non-hydrogen) atoms. The Morgan fingerprint density at radius 1 is 1.14 bits per heavy atom. The SMILES string of the molecule is Cc1c(C(F)(F)F)cnc(N2CCC3(CC2)C(F)(F)C3(F)F)c1C(=O)Nc1ccnc([S@](C)(=N)=O)c1. The lowest BCUT2D eigenvalue weighted by molar-refractivity contribution is -0.138. The molecule has 1 spiro atoms. The van der Waals surface area contributed by atoms with Crippen molar-refractivity contribution in [2.45, 2.75) is 42.8 Å². The Balaban J connectivity index is 1.70. The third-order valence-electron chi connectivity index (χ3n) is 6.69. The molecule has 1 aliphatic carbocycles. The largest absolute Gasteiger partial charge is 0.418 e. The molecule has 1 amide bonds. The first kappa shape index (κ1) is 26.1. The van der Waals surface area contributed by atoms with Crippen LogP contribution in [0.15, 0.2) is 29.6 Å². The fourth-order valence-corrected chi connectivity index (χ4v) is 5.14. The number of aromatic nitrogens is 2. The van der Waals surface area contributed by atoms with Crippen LogP contribution in [0.2, 0.25) is 0 Å². The monoisotopic (exact) mass is 539 g/mol. The molecule has 2 aromatic rings. The van der Waals surface area contributed by atoms with E-state index in [0.717, 1.165) is 25.4 Å². The summed E-state index contributed by atoms with van der Waals surface area (Å²) in [6.45, 7) is 0.289. The lowest BCUT2D eigenvalue weighted by Crippen LogP contribution is -2.39. The topological polar surface area (TPSA) is 99.0 Å². The minimum atomic E-state index is -4.86.